The highest BCUT2D eigenvalue weighted by Gasteiger charge is 2.27. The molecule has 0 nitrogen and oxygen atoms in total. The number of rotatable bonds is 1. The first-order valence-corrected chi connectivity index (χ1v) is 4.29. The fraction of sp³-hybridized carbons (Fsp3) is 0.167. The fourth-order valence-corrected chi connectivity index (χ4v) is 0.968. The summed E-state index contributed by atoms with van der Waals surface area (Å²) in [6, 6.07) is 8.82. The summed E-state index contributed by atoms with van der Waals surface area (Å²) >= 11 is 0. The van der Waals surface area contributed by atoms with Gasteiger partial charge in [-0.05, 0) is 12.1 Å². The predicted molar refractivity (Wildman–Crippen MR) is 53.1 cm³/mol. The average molecular weight is 210 g/mol. The molecule has 78 valence electrons. The van der Waals surface area contributed by atoms with Gasteiger partial charge in [-0.1, -0.05) is 36.6 Å². The van der Waals surface area contributed by atoms with E-state index >= 15 is 0 Å². The number of allylic oxidation sites excluding steroid dienone is 1. The minimum atomic E-state index is -4.23. The Kier molecular flexibility index (Phi) is 3.56. The highest BCUT2D eigenvalue weighted by Crippen LogP contribution is 2.23. The van der Waals surface area contributed by atoms with Crippen molar-refractivity contribution in [3.8, 4) is 11.8 Å². The highest BCUT2D eigenvalue weighted by atomic mass is 19.4. The Bertz CT molecular complexity index is 390. The molecule has 1 aromatic rings. The van der Waals surface area contributed by atoms with E-state index in [1.807, 2.05) is 6.07 Å². The monoisotopic (exact) mass is 210 g/mol. The molecule has 0 saturated heterocycles. The summed E-state index contributed by atoms with van der Waals surface area (Å²) in [4.78, 5) is 0. The van der Waals surface area contributed by atoms with Crippen LogP contribution in [0.15, 0.2) is 42.5 Å². The van der Waals surface area contributed by atoms with Crippen molar-refractivity contribution in [2.75, 3.05) is 0 Å². The largest absolute Gasteiger partial charge is 0.393 e. The smallest absolute Gasteiger partial charge is 0.171 e. The van der Waals surface area contributed by atoms with Crippen LogP contribution in [0.1, 0.15) is 12.0 Å². The predicted octanol–water partition coefficient (Wildman–Crippen LogP) is 3.55. The van der Waals surface area contributed by atoms with Crippen LogP contribution in [-0.2, 0) is 0 Å². The lowest BCUT2D eigenvalue weighted by Gasteiger charge is -2.02. The first kappa shape index (κ1) is 11.4. The third kappa shape index (κ3) is 4.92. The van der Waals surface area contributed by atoms with E-state index in [0.717, 1.165) is 0 Å². The molecule has 3 heteroatoms. The number of alkyl halides is 3. The van der Waals surface area contributed by atoms with E-state index < -0.39 is 12.6 Å². The van der Waals surface area contributed by atoms with E-state index in [0.29, 0.717) is 5.56 Å². The quantitative estimate of drug-likeness (QED) is 0.622. The Labute approximate surface area is 86.4 Å². The number of halogens is 3. The molecule has 0 N–H and O–H groups in total. The summed E-state index contributed by atoms with van der Waals surface area (Å²) in [6.45, 7) is 3.26. The molecule has 0 bridgehead atoms. The summed E-state index contributed by atoms with van der Waals surface area (Å²) in [5, 5.41) is 0. The lowest BCUT2D eigenvalue weighted by molar-refractivity contribution is -0.126. The SMILES string of the molecule is C=C(C#Cc1ccccc1)CC(F)(F)F. The Balaban J connectivity index is 2.64. The number of benzene rings is 1. The summed E-state index contributed by atoms with van der Waals surface area (Å²) in [7, 11) is 0. The van der Waals surface area contributed by atoms with Crippen LogP contribution in [0.25, 0.3) is 0 Å². The summed E-state index contributed by atoms with van der Waals surface area (Å²) in [6.07, 6.45) is -5.28. The standard InChI is InChI=1S/C12H9F3/c1-10(9-12(13,14)15)7-8-11-5-3-2-4-6-11/h2-6H,1,9H2. The van der Waals surface area contributed by atoms with Crippen LogP contribution < -0.4 is 0 Å². The summed E-state index contributed by atoms with van der Waals surface area (Å²) < 4.78 is 35.7. The Morgan fingerprint density at radius 3 is 2.33 bits per heavy atom. The molecule has 1 rings (SSSR count). The normalized spacial score (nSPS) is 10.3. The van der Waals surface area contributed by atoms with Crippen LogP contribution in [0.5, 0.6) is 0 Å². The summed E-state index contributed by atoms with van der Waals surface area (Å²) in [5.41, 5.74) is 0.562. The van der Waals surface area contributed by atoms with Crippen molar-refractivity contribution in [2.45, 2.75) is 12.6 Å². The van der Waals surface area contributed by atoms with Gasteiger partial charge in [-0.2, -0.15) is 13.2 Å². The molecule has 0 heterocycles. The molecule has 0 aliphatic carbocycles. The van der Waals surface area contributed by atoms with Gasteiger partial charge in [0.15, 0.2) is 0 Å². The van der Waals surface area contributed by atoms with Gasteiger partial charge in [0.05, 0.1) is 6.42 Å². The van der Waals surface area contributed by atoms with Crippen LogP contribution >= 0.6 is 0 Å². The van der Waals surface area contributed by atoms with Crippen LogP contribution in [0, 0.1) is 11.8 Å². The van der Waals surface area contributed by atoms with Crippen molar-refractivity contribution < 1.29 is 13.2 Å². The third-order valence-electron chi connectivity index (χ3n) is 1.57. The second kappa shape index (κ2) is 4.70. The van der Waals surface area contributed by atoms with Crippen LogP contribution in [0.3, 0.4) is 0 Å². The highest BCUT2D eigenvalue weighted by molar-refractivity contribution is 5.39. The molecule has 1 aromatic carbocycles. The molecule has 0 spiro atoms. The lowest BCUT2D eigenvalue weighted by Crippen LogP contribution is -2.07. The van der Waals surface area contributed by atoms with E-state index in [1.54, 1.807) is 24.3 Å². The molecule has 0 aromatic heterocycles. The van der Waals surface area contributed by atoms with Gasteiger partial charge in [0.1, 0.15) is 0 Å². The van der Waals surface area contributed by atoms with E-state index in [4.69, 9.17) is 0 Å². The van der Waals surface area contributed by atoms with Crippen molar-refractivity contribution in [2.24, 2.45) is 0 Å². The van der Waals surface area contributed by atoms with Gasteiger partial charge < -0.3 is 0 Å². The van der Waals surface area contributed by atoms with Gasteiger partial charge in [-0.3, -0.25) is 0 Å². The minimum Gasteiger partial charge on any atom is -0.171 e. The fourth-order valence-electron chi connectivity index (χ4n) is 0.968. The van der Waals surface area contributed by atoms with E-state index in [2.05, 4.69) is 18.4 Å². The zero-order valence-electron chi connectivity index (χ0n) is 7.93. The molecule has 0 amide bonds. The molecule has 0 radical (unpaired) electrons. The Morgan fingerprint density at radius 2 is 1.80 bits per heavy atom. The van der Waals surface area contributed by atoms with Crippen molar-refractivity contribution in [1.82, 2.24) is 0 Å². The Morgan fingerprint density at radius 1 is 1.20 bits per heavy atom. The van der Waals surface area contributed by atoms with Crippen molar-refractivity contribution in [1.29, 1.82) is 0 Å². The summed E-state index contributed by atoms with van der Waals surface area (Å²) in [5.74, 6) is 5.01. The van der Waals surface area contributed by atoms with E-state index in [9.17, 15) is 13.2 Å². The first-order valence-electron chi connectivity index (χ1n) is 4.29. The zero-order valence-corrected chi connectivity index (χ0v) is 7.93. The maximum Gasteiger partial charge on any atom is 0.393 e. The van der Waals surface area contributed by atoms with E-state index in [1.165, 1.54) is 0 Å². The maximum absolute atomic E-state index is 11.9. The lowest BCUT2D eigenvalue weighted by atomic mass is 10.2. The number of hydrogen-bond acceptors (Lipinski definition) is 0. The van der Waals surface area contributed by atoms with Crippen LogP contribution in [-0.4, -0.2) is 6.18 Å². The molecule has 0 aliphatic rings. The molecule has 0 unspecified atom stereocenters. The van der Waals surface area contributed by atoms with Gasteiger partial charge in [-0.25, -0.2) is 0 Å². The van der Waals surface area contributed by atoms with Crippen LogP contribution in [0.4, 0.5) is 13.2 Å². The Hall–Kier alpha value is -1.69. The molecule has 15 heavy (non-hydrogen) atoms. The van der Waals surface area contributed by atoms with Crippen LogP contribution in [0.2, 0.25) is 0 Å². The van der Waals surface area contributed by atoms with Gasteiger partial charge >= 0.3 is 6.18 Å². The van der Waals surface area contributed by atoms with Gasteiger partial charge in [0, 0.05) is 11.1 Å². The molecular formula is C12H9F3. The van der Waals surface area contributed by atoms with Gasteiger partial charge in [0.25, 0.3) is 0 Å². The van der Waals surface area contributed by atoms with Crippen molar-refractivity contribution in [3.05, 3.63) is 48.0 Å². The third-order valence-corrected chi connectivity index (χ3v) is 1.57. The zero-order chi connectivity index (χ0) is 11.3. The minimum absolute atomic E-state index is 0.119. The average Bonchev–Trinajstić information content (AvgIpc) is 2.14. The second-order valence-electron chi connectivity index (χ2n) is 3.01. The topological polar surface area (TPSA) is 0 Å². The van der Waals surface area contributed by atoms with Gasteiger partial charge in [-0.15, -0.1) is 0 Å². The van der Waals surface area contributed by atoms with Gasteiger partial charge in [0.2, 0.25) is 0 Å². The van der Waals surface area contributed by atoms with Crippen molar-refractivity contribution in [3.63, 3.8) is 0 Å². The van der Waals surface area contributed by atoms with Crippen molar-refractivity contribution >= 4 is 0 Å². The second-order valence-corrected chi connectivity index (χ2v) is 3.01. The first-order chi connectivity index (χ1) is 6.97. The molecule has 0 atom stereocenters. The number of hydrogen-bond donors (Lipinski definition) is 0. The molecule has 0 aliphatic heterocycles. The molecule has 0 saturated carbocycles. The molecular weight excluding hydrogens is 201 g/mol. The maximum atomic E-state index is 11.9. The molecule has 0 fully saturated rings. The van der Waals surface area contributed by atoms with E-state index in [-0.39, 0.29) is 5.57 Å².